The van der Waals surface area contributed by atoms with Gasteiger partial charge in [-0.25, -0.2) is 13.8 Å². The van der Waals surface area contributed by atoms with Crippen molar-refractivity contribution in [3.8, 4) is 5.75 Å². The maximum atomic E-state index is 14.0. The van der Waals surface area contributed by atoms with E-state index in [1.807, 2.05) is 30.0 Å². The molecular formula is C23H25F2N3O2. The number of rotatable bonds is 6. The highest BCUT2D eigenvalue weighted by Crippen LogP contribution is 2.27. The molecule has 0 saturated carbocycles. The summed E-state index contributed by atoms with van der Waals surface area (Å²) < 4.78 is 33.3. The standard InChI is InChI=1S/C23H25F2N3O2/c1-2-13-30-19-9-4-3-8-16(19)23(29)28-12-6-5-7-15(28)14-20-26-18-11-10-17(24)21(25)22(18)27-20/h3-4,8-11,15H,2,5-7,12-14H2,1H3,(H,26,27). The number of carbonyl (C=O) groups excluding carboxylic acids is 1. The second-order valence-electron chi connectivity index (χ2n) is 7.64. The number of H-pyrrole nitrogens is 1. The molecule has 1 aliphatic heterocycles. The fraction of sp³-hybridized carbons (Fsp3) is 0.391. The number of ether oxygens (including phenoxy) is 1. The summed E-state index contributed by atoms with van der Waals surface area (Å²) in [6.07, 6.45) is 4.08. The van der Waals surface area contributed by atoms with E-state index in [-0.39, 0.29) is 17.5 Å². The van der Waals surface area contributed by atoms with E-state index in [1.54, 1.807) is 6.07 Å². The molecule has 0 aliphatic carbocycles. The first-order valence-electron chi connectivity index (χ1n) is 10.4. The van der Waals surface area contributed by atoms with Crippen molar-refractivity contribution >= 4 is 16.9 Å². The normalized spacial score (nSPS) is 16.8. The Labute approximate surface area is 174 Å². The molecule has 0 spiro atoms. The number of aromatic nitrogens is 2. The summed E-state index contributed by atoms with van der Waals surface area (Å²) in [6.45, 7) is 3.22. The van der Waals surface area contributed by atoms with Crippen LogP contribution >= 0.6 is 0 Å². The van der Waals surface area contributed by atoms with Crippen molar-refractivity contribution in [2.24, 2.45) is 0 Å². The second-order valence-corrected chi connectivity index (χ2v) is 7.64. The lowest BCUT2D eigenvalue weighted by Gasteiger charge is -2.35. The maximum Gasteiger partial charge on any atom is 0.257 e. The Balaban J connectivity index is 1.58. The minimum atomic E-state index is -0.950. The molecule has 1 fully saturated rings. The number of piperidine rings is 1. The van der Waals surface area contributed by atoms with Crippen molar-refractivity contribution in [1.29, 1.82) is 0 Å². The molecule has 1 atom stereocenters. The fourth-order valence-electron chi connectivity index (χ4n) is 4.00. The van der Waals surface area contributed by atoms with Crippen molar-refractivity contribution in [2.45, 2.75) is 45.1 Å². The Hall–Kier alpha value is -2.96. The third kappa shape index (κ3) is 4.01. The molecule has 2 aromatic carbocycles. The molecule has 158 valence electrons. The van der Waals surface area contributed by atoms with E-state index in [4.69, 9.17) is 4.74 Å². The number of amides is 1. The van der Waals surface area contributed by atoms with Gasteiger partial charge < -0.3 is 14.6 Å². The third-order valence-electron chi connectivity index (χ3n) is 5.49. The van der Waals surface area contributed by atoms with E-state index in [0.29, 0.717) is 42.2 Å². The Bertz CT molecular complexity index is 1050. The molecule has 3 aromatic rings. The number of fused-ring (bicyclic) bond motifs is 1. The average molecular weight is 413 g/mol. The summed E-state index contributed by atoms with van der Waals surface area (Å²) >= 11 is 0. The summed E-state index contributed by atoms with van der Waals surface area (Å²) in [7, 11) is 0. The number of hydrogen-bond donors (Lipinski definition) is 1. The van der Waals surface area contributed by atoms with E-state index < -0.39 is 11.6 Å². The van der Waals surface area contributed by atoms with Crippen LogP contribution in [-0.2, 0) is 6.42 Å². The average Bonchev–Trinajstić information content (AvgIpc) is 3.18. The van der Waals surface area contributed by atoms with Crippen LogP contribution in [0.1, 0.15) is 48.8 Å². The van der Waals surface area contributed by atoms with Crippen molar-refractivity contribution in [3.63, 3.8) is 0 Å². The highest BCUT2D eigenvalue weighted by molar-refractivity contribution is 5.97. The largest absolute Gasteiger partial charge is 0.493 e. The number of para-hydroxylation sites is 1. The molecule has 5 nitrogen and oxygen atoms in total. The second kappa shape index (κ2) is 8.81. The minimum Gasteiger partial charge on any atom is -0.493 e. The Morgan fingerprint density at radius 1 is 1.23 bits per heavy atom. The van der Waals surface area contributed by atoms with Crippen LogP contribution in [0.15, 0.2) is 36.4 Å². The number of imidazole rings is 1. The summed E-state index contributed by atoms with van der Waals surface area (Å²) in [6, 6.07) is 9.80. The molecule has 1 N–H and O–H groups in total. The zero-order valence-electron chi connectivity index (χ0n) is 17.0. The van der Waals surface area contributed by atoms with Gasteiger partial charge in [0, 0.05) is 19.0 Å². The van der Waals surface area contributed by atoms with Crippen LogP contribution in [0.5, 0.6) is 5.75 Å². The van der Waals surface area contributed by atoms with Gasteiger partial charge in [-0.3, -0.25) is 4.79 Å². The number of halogens is 2. The van der Waals surface area contributed by atoms with Crippen LogP contribution in [0, 0.1) is 11.6 Å². The molecule has 1 aliphatic rings. The third-order valence-corrected chi connectivity index (χ3v) is 5.49. The van der Waals surface area contributed by atoms with Crippen molar-refractivity contribution in [1.82, 2.24) is 14.9 Å². The lowest BCUT2D eigenvalue weighted by atomic mass is 9.97. The van der Waals surface area contributed by atoms with Crippen molar-refractivity contribution in [3.05, 3.63) is 59.4 Å². The first kappa shape index (κ1) is 20.3. The van der Waals surface area contributed by atoms with Crippen molar-refractivity contribution in [2.75, 3.05) is 13.2 Å². The lowest BCUT2D eigenvalue weighted by molar-refractivity contribution is 0.0607. The summed E-state index contributed by atoms with van der Waals surface area (Å²) in [5.74, 6) is -0.795. The Morgan fingerprint density at radius 2 is 2.07 bits per heavy atom. The zero-order valence-corrected chi connectivity index (χ0v) is 17.0. The summed E-state index contributed by atoms with van der Waals surface area (Å²) in [4.78, 5) is 22.6. The van der Waals surface area contributed by atoms with Gasteiger partial charge >= 0.3 is 0 Å². The van der Waals surface area contributed by atoms with Crippen LogP contribution < -0.4 is 4.74 Å². The summed E-state index contributed by atoms with van der Waals surface area (Å²) in [5.41, 5.74) is 1.00. The first-order valence-corrected chi connectivity index (χ1v) is 10.4. The highest BCUT2D eigenvalue weighted by atomic mass is 19.2. The quantitative estimate of drug-likeness (QED) is 0.627. The van der Waals surface area contributed by atoms with Gasteiger partial charge in [-0.1, -0.05) is 19.1 Å². The van der Waals surface area contributed by atoms with Crippen LogP contribution in [0.2, 0.25) is 0 Å². The molecule has 1 amide bonds. The van der Waals surface area contributed by atoms with Gasteiger partial charge in [-0.2, -0.15) is 0 Å². The number of hydrogen-bond acceptors (Lipinski definition) is 3. The number of nitrogens with zero attached hydrogens (tertiary/aromatic N) is 2. The van der Waals surface area contributed by atoms with Crippen molar-refractivity contribution < 1.29 is 18.3 Å². The number of nitrogens with one attached hydrogen (secondary N) is 1. The van der Waals surface area contributed by atoms with E-state index >= 15 is 0 Å². The van der Waals surface area contributed by atoms with Gasteiger partial charge in [0.2, 0.25) is 0 Å². The highest BCUT2D eigenvalue weighted by Gasteiger charge is 2.30. The SMILES string of the molecule is CCCOc1ccccc1C(=O)N1CCCCC1Cc1nc2c(F)c(F)ccc2[nH]1. The molecule has 0 radical (unpaired) electrons. The number of likely N-dealkylation sites (tertiary alicyclic amines) is 1. The number of carbonyl (C=O) groups is 1. The van der Waals surface area contributed by atoms with E-state index in [1.165, 1.54) is 6.07 Å². The molecule has 1 aromatic heterocycles. The van der Waals surface area contributed by atoms with E-state index in [2.05, 4.69) is 9.97 Å². The molecule has 7 heteroatoms. The van der Waals surface area contributed by atoms with Crippen LogP contribution in [0.4, 0.5) is 8.78 Å². The first-order chi connectivity index (χ1) is 14.6. The molecule has 30 heavy (non-hydrogen) atoms. The predicted octanol–water partition coefficient (Wildman–Crippen LogP) is 4.87. The van der Waals surface area contributed by atoms with E-state index in [0.717, 1.165) is 31.7 Å². The Kier molecular flexibility index (Phi) is 5.97. The van der Waals surface area contributed by atoms with Gasteiger partial charge in [0.25, 0.3) is 5.91 Å². The van der Waals surface area contributed by atoms with Gasteiger partial charge in [-0.05, 0) is 49.9 Å². The molecule has 1 unspecified atom stereocenters. The van der Waals surface area contributed by atoms with Crippen LogP contribution in [0.3, 0.4) is 0 Å². The fourth-order valence-corrected chi connectivity index (χ4v) is 4.00. The molecule has 0 bridgehead atoms. The zero-order chi connectivity index (χ0) is 21.1. The van der Waals surface area contributed by atoms with Crippen LogP contribution in [0.25, 0.3) is 11.0 Å². The van der Waals surface area contributed by atoms with Gasteiger partial charge in [0.05, 0.1) is 17.7 Å². The number of benzene rings is 2. The van der Waals surface area contributed by atoms with Gasteiger partial charge in [0.1, 0.15) is 17.1 Å². The van der Waals surface area contributed by atoms with Crippen LogP contribution in [-0.4, -0.2) is 40.0 Å². The van der Waals surface area contributed by atoms with E-state index in [9.17, 15) is 13.6 Å². The van der Waals surface area contributed by atoms with Gasteiger partial charge in [-0.15, -0.1) is 0 Å². The smallest absolute Gasteiger partial charge is 0.257 e. The number of aromatic amines is 1. The minimum absolute atomic E-state index is 0.00278. The predicted molar refractivity (Wildman–Crippen MR) is 111 cm³/mol. The lowest BCUT2D eigenvalue weighted by Crippen LogP contribution is -2.45. The summed E-state index contributed by atoms with van der Waals surface area (Å²) in [5, 5.41) is 0. The van der Waals surface area contributed by atoms with Gasteiger partial charge in [0.15, 0.2) is 11.6 Å². The molecule has 4 rings (SSSR count). The monoisotopic (exact) mass is 413 g/mol. The molecule has 1 saturated heterocycles. The maximum absolute atomic E-state index is 14.0. The Morgan fingerprint density at radius 3 is 2.90 bits per heavy atom. The topological polar surface area (TPSA) is 58.2 Å². The molecular weight excluding hydrogens is 388 g/mol. The molecule has 2 heterocycles.